The third kappa shape index (κ3) is 2.38. The Hall–Kier alpha value is -2.69. The Morgan fingerprint density at radius 2 is 2.25 bits per heavy atom. The molecule has 0 saturated heterocycles. The van der Waals surface area contributed by atoms with Gasteiger partial charge in [-0.25, -0.2) is 4.98 Å². The second-order valence-electron chi connectivity index (χ2n) is 4.58. The van der Waals surface area contributed by atoms with Gasteiger partial charge in [0.1, 0.15) is 5.65 Å². The van der Waals surface area contributed by atoms with E-state index in [0.717, 1.165) is 16.9 Å². The van der Waals surface area contributed by atoms with Crippen LogP contribution in [0.2, 0.25) is 0 Å². The maximum Gasteiger partial charge on any atom is 0.253 e. The maximum absolute atomic E-state index is 11.9. The van der Waals surface area contributed by atoms with Crippen LogP contribution in [-0.2, 0) is 6.54 Å². The molecule has 0 bridgehead atoms. The van der Waals surface area contributed by atoms with Gasteiger partial charge in [0.15, 0.2) is 0 Å². The summed E-state index contributed by atoms with van der Waals surface area (Å²) in [6.07, 6.45) is 7.05. The van der Waals surface area contributed by atoms with Gasteiger partial charge in [-0.15, -0.1) is 0 Å². The molecule has 0 spiro atoms. The van der Waals surface area contributed by atoms with E-state index in [4.69, 9.17) is 0 Å². The molecule has 3 aromatic heterocycles. The van der Waals surface area contributed by atoms with Crippen molar-refractivity contribution in [2.24, 2.45) is 0 Å². The van der Waals surface area contributed by atoms with Crippen LogP contribution in [0.15, 0.2) is 49.1 Å². The third-order valence-corrected chi connectivity index (χ3v) is 3.08. The summed E-state index contributed by atoms with van der Waals surface area (Å²) in [5, 5.41) is 2.84. The number of nitrogens with zero attached hydrogens (tertiary/aromatic N) is 3. The zero-order valence-corrected chi connectivity index (χ0v) is 11.1. The molecule has 3 aromatic rings. The van der Waals surface area contributed by atoms with E-state index in [1.807, 2.05) is 35.9 Å². The van der Waals surface area contributed by atoms with Gasteiger partial charge in [0.2, 0.25) is 0 Å². The lowest BCUT2D eigenvalue weighted by Gasteiger charge is -2.01. The van der Waals surface area contributed by atoms with Crippen molar-refractivity contribution in [1.29, 1.82) is 0 Å². The number of aryl methyl sites for hydroxylation is 1. The largest absolute Gasteiger partial charge is 0.346 e. The van der Waals surface area contributed by atoms with Gasteiger partial charge in [-0.2, -0.15) is 0 Å². The molecule has 5 nitrogen and oxygen atoms in total. The van der Waals surface area contributed by atoms with Crippen LogP contribution in [0.4, 0.5) is 0 Å². The number of imidazole rings is 1. The molecule has 100 valence electrons. The van der Waals surface area contributed by atoms with Crippen LogP contribution in [0, 0.1) is 6.92 Å². The number of rotatable bonds is 3. The summed E-state index contributed by atoms with van der Waals surface area (Å²) >= 11 is 0. The lowest BCUT2D eigenvalue weighted by Crippen LogP contribution is -2.22. The quantitative estimate of drug-likeness (QED) is 0.788. The van der Waals surface area contributed by atoms with Gasteiger partial charge in [-0.3, -0.25) is 9.78 Å². The van der Waals surface area contributed by atoms with Crippen LogP contribution in [0.5, 0.6) is 0 Å². The number of amides is 1. The van der Waals surface area contributed by atoms with E-state index >= 15 is 0 Å². The average molecular weight is 266 g/mol. The van der Waals surface area contributed by atoms with Crippen molar-refractivity contribution in [3.8, 4) is 0 Å². The van der Waals surface area contributed by atoms with Gasteiger partial charge in [0, 0.05) is 24.8 Å². The molecule has 20 heavy (non-hydrogen) atoms. The predicted molar refractivity (Wildman–Crippen MR) is 75.3 cm³/mol. The summed E-state index contributed by atoms with van der Waals surface area (Å²) < 4.78 is 1.96. The minimum atomic E-state index is -0.146. The second kappa shape index (κ2) is 5.13. The fourth-order valence-electron chi connectivity index (χ4n) is 2.06. The molecule has 0 radical (unpaired) electrons. The van der Waals surface area contributed by atoms with E-state index in [1.54, 1.807) is 24.5 Å². The number of carbonyl (C=O) groups excluding carboxylic acids is 1. The van der Waals surface area contributed by atoms with Crippen molar-refractivity contribution in [2.45, 2.75) is 13.5 Å². The molecule has 0 aromatic carbocycles. The molecule has 0 atom stereocenters. The molecule has 0 aliphatic rings. The molecule has 5 heteroatoms. The number of hydrogen-bond acceptors (Lipinski definition) is 3. The zero-order valence-electron chi connectivity index (χ0n) is 11.1. The van der Waals surface area contributed by atoms with Crippen LogP contribution < -0.4 is 5.32 Å². The zero-order chi connectivity index (χ0) is 13.9. The summed E-state index contributed by atoms with van der Waals surface area (Å²) in [5.41, 5.74) is 3.40. The normalized spacial score (nSPS) is 10.7. The van der Waals surface area contributed by atoms with Crippen molar-refractivity contribution in [2.75, 3.05) is 0 Å². The number of fused-ring (bicyclic) bond motifs is 1. The highest BCUT2D eigenvalue weighted by Gasteiger charge is 2.07. The van der Waals surface area contributed by atoms with Crippen LogP contribution >= 0.6 is 0 Å². The van der Waals surface area contributed by atoms with E-state index in [0.29, 0.717) is 12.1 Å². The number of pyridine rings is 2. The third-order valence-electron chi connectivity index (χ3n) is 3.08. The second-order valence-corrected chi connectivity index (χ2v) is 4.58. The topological polar surface area (TPSA) is 59.3 Å². The first-order valence-corrected chi connectivity index (χ1v) is 6.35. The fraction of sp³-hybridized carbons (Fsp3) is 0.133. The lowest BCUT2D eigenvalue weighted by atomic mass is 10.2. The molecule has 1 N–H and O–H groups in total. The smallest absolute Gasteiger partial charge is 0.253 e. The fourth-order valence-corrected chi connectivity index (χ4v) is 2.06. The molecule has 0 aliphatic carbocycles. The van der Waals surface area contributed by atoms with E-state index in [2.05, 4.69) is 15.3 Å². The Bertz CT molecular complexity index is 749. The summed E-state index contributed by atoms with van der Waals surface area (Å²) in [5.74, 6) is -0.146. The molecule has 1 amide bonds. The van der Waals surface area contributed by atoms with Crippen molar-refractivity contribution >= 4 is 11.6 Å². The van der Waals surface area contributed by atoms with Crippen LogP contribution in [0.3, 0.4) is 0 Å². The predicted octanol–water partition coefficient (Wildman–Crippen LogP) is 1.97. The molecule has 0 saturated carbocycles. The Kier molecular flexibility index (Phi) is 3.16. The molecule has 3 heterocycles. The van der Waals surface area contributed by atoms with Crippen molar-refractivity contribution in [3.63, 3.8) is 0 Å². The first kappa shape index (κ1) is 12.3. The van der Waals surface area contributed by atoms with Crippen molar-refractivity contribution in [3.05, 3.63) is 65.9 Å². The van der Waals surface area contributed by atoms with Crippen LogP contribution in [0.1, 0.15) is 21.6 Å². The standard InChI is InChI=1S/C15H14N4O/c1-11-4-3-7-19-10-13(18-14(11)19)9-17-15(20)12-5-2-6-16-8-12/h2-8,10H,9H2,1H3,(H,17,20). The van der Waals surface area contributed by atoms with E-state index in [-0.39, 0.29) is 5.91 Å². The molecule has 0 aliphatic heterocycles. The summed E-state index contributed by atoms with van der Waals surface area (Å²) in [6, 6.07) is 7.46. The Labute approximate surface area is 116 Å². The molecule has 3 rings (SSSR count). The molecule has 0 fully saturated rings. The molecular formula is C15H14N4O. The number of hydrogen-bond donors (Lipinski definition) is 1. The number of carbonyl (C=O) groups is 1. The Morgan fingerprint density at radius 1 is 1.35 bits per heavy atom. The molecule has 0 unspecified atom stereocenters. The highest BCUT2D eigenvalue weighted by atomic mass is 16.1. The van der Waals surface area contributed by atoms with Gasteiger partial charge < -0.3 is 9.72 Å². The van der Waals surface area contributed by atoms with Gasteiger partial charge in [0.25, 0.3) is 5.91 Å². The Balaban J connectivity index is 1.74. The summed E-state index contributed by atoms with van der Waals surface area (Å²) in [4.78, 5) is 20.4. The highest BCUT2D eigenvalue weighted by molar-refractivity contribution is 5.93. The van der Waals surface area contributed by atoms with Crippen molar-refractivity contribution < 1.29 is 4.79 Å². The van der Waals surface area contributed by atoms with Crippen LogP contribution in [0.25, 0.3) is 5.65 Å². The minimum Gasteiger partial charge on any atom is -0.346 e. The van der Waals surface area contributed by atoms with Crippen molar-refractivity contribution in [1.82, 2.24) is 19.7 Å². The van der Waals surface area contributed by atoms with E-state index in [1.165, 1.54) is 0 Å². The van der Waals surface area contributed by atoms with Gasteiger partial charge in [-0.1, -0.05) is 6.07 Å². The summed E-state index contributed by atoms with van der Waals surface area (Å²) in [6.45, 7) is 2.41. The number of aromatic nitrogens is 3. The lowest BCUT2D eigenvalue weighted by molar-refractivity contribution is 0.0950. The first-order chi connectivity index (χ1) is 9.74. The first-order valence-electron chi connectivity index (χ1n) is 6.35. The highest BCUT2D eigenvalue weighted by Crippen LogP contribution is 2.09. The van der Waals surface area contributed by atoms with E-state index < -0.39 is 0 Å². The molecular weight excluding hydrogens is 252 g/mol. The van der Waals surface area contributed by atoms with Gasteiger partial charge >= 0.3 is 0 Å². The van der Waals surface area contributed by atoms with Gasteiger partial charge in [0.05, 0.1) is 17.8 Å². The average Bonchev–Trinajstić information content (AvgIpc) is 2.90. The minimum absolute atomic E-state index is 0.146. The van der Waals surface area contributed by atoms with E-state index in [9.17, 15) is 4.79 Å². The Morgan fingerprint density at radius 3 is 3.00 bits per heavy atom. The SMILES string of the molecule is Cc1cccn2cc(CNC(=O)c3cccnc3)nc12. The monoisotopic (exact) mass is 266 g/mol. The van der Waals surface area contributed by atoms with Crippen LogP contribution in [-0.4, -0.2) is 20.3 Å². The number of nitrogens with one attached hydrogen (secondary N) is 1. The summed E-state index contributed by atoms with van der Waals surface area (Å²) in [7, 11) is 0. The van der Waals surface area contributed by atoms with Gasteiger partial charge in [-0.05, 0) is 30.7 Å². The maximum atomic E-state index is 11.9.